The highest BCUT2D eigenvalue weighted by molar-refractivity contribution is 6.30. The molecule has 0 radical (unpaired) electrons. The number of anilines is 1. The van der Waals surface area contributed by atoms with Crippen LogP contribution in [0.5, 0.6) is 0 Å². The van der Waals surface area contributed by atoms with Crippen molar-refractivity contribution in [3.8, 4) is 0 Å². The number of amides is 2. The molecule has 0 spiro atoms. The summed E-state index contributed by atoms with van der Waals surface area (Å²) in [6, 6.07) is 3.80. The summed E-state index contributed by atoms with van der Waals surface area (Å²) in [7, 11) is 0. The van der Waals surface area contributed by atoms with Crippen LogP contribution in [0.2, 0.25) is 5.02 Å². The van der Waals surface area contributed by atoms with Crippen LogP contribution in [-0.4, -0.2) is 30.9 Å². The Hall–Kier alpha value is -1.66. The van der Waals surface area contributed by atoms with Gasteiger partial charge in [-0.3, -0.25) is 9.59 Å². The van der Waals surface area contributed by atoms with Crippen molar-refractivity contribution < 1.29 is 18.9 Å². The number of benzene rings is 1. The number of hydrogen-bond donors (Lipinski definition) is 3. The topological polar surface area (TPSA) is 76.6 Å². The van der Waals surface area contributed by atoms with Crippen LogP contribution in [-0.2, 0) is 9.59 Å². The second kappa shape index (κ2) is 7.07. The van der Waals surface area contributed by atoms with Crippen molar-refractivity contribution in [2.75, 3.05) is 18.4 Å². The average molecular weight is 329 g/mol. The molecule has 2 rings (SSSR count). The molecule has 7 heteroatoms. The number of nitrogens with one attached hydrogen (secondary N) is 2. The molecular formula is C15H20ClFN3O2+. The van der Waals surface area contributed by atoms with E-state index in [-0.39, 0.29) is 34.5 Å². The molecule has 1 aromatic rings. The number of likely N-dealkylation sites (tertiary alicyclic amines) is 1. The summed E-state index contributed by atoms with van der Waals surface area (Å²) >= 11 is 5.68. The molecule has 0 aliphatic carbocycles. The Labute approximate surface area is 133 Å². The largest absolute Gasteiger partial charge is 0.369 e. The van der Waals surface area contributed by atoms with Crippen LogP contribution in [0.3, 0.4) is 0 Å². The maximum Gasteiger partial charge on any atom is 0.282 e. The molecule has 120 valence electrons. The third kappa shape index (κ3) is 3.96. The molecule has 0 saturated carbocycles. The van der Waals surface area contributed by atoms with Gasteiger partial charge in [-0.05, 0) is 25.1 Å². The molecule has 5 nitrogen and oxygen atoms in total. The highest BCUT2D eigenvalue weighted by Gasteiger charge is 2.32. The lowest BCUT2D eigenvalue weighted by Gasteiger charge is -2.31. The number of rotatable bonds is 4. The smallest absolute Gasteiger partial charge is 0.282 e. The lowest BCUT2D eigenvalue weighted by Crippen LogP contribution is -3.17. The predicted octanol–water partition coefficient (Wildman–Crippen LogP) is 0.586. The molecule has 2 amide bonds. The fraction of sp³-hybridized carbons (Fsp3) is 0.467. The summed E-state index contributed by atoms with van der Waals surface area (Å²) < 4.78 is 13.7. The number of nitrogens with two attached hydrogens (primary N) is 1. The van der Waals surface area contributed by atoms with Crippen molar-refractivity contribution in [3.05, 3.63) is 29.0 Å². The summed E-state index contributed by atoms with van der Waals surface area (Å²) in [4.78, 5) is 24.5. The number of carbonyl (C=O) groups is 2. The van der Waals surface area contributed by atoms with E-state index in [2.05, 4.69) is 5.32 Å². The van der Waals surface area contributed by atoms with Crippen molar-refractivity contribution in [3.63, 3.8) is 0 Å². The lowest BCUT2D eigenvalue weighted by atomic mass is 9.95. The van der Waals surface area contributed by atoms with Crippen molar-refractivity contribution in [1.29, 1.82) is 0 Å². The highest BCUT2D eigenvalue weighted by atomic mass is 35.5. The first-order chi connectivity index (χ1) is 10.4. The van der Waals surface area contributed by atoms with E-state index in [4.69, 9.17) is 17.3 Å². The van der Waals surface area contributed by atoms with Crippen LogP contribution in [0.15, 0.2) is 18.2 Å². The van der Waals surface area contributed by atoms with Crippen molar-refractivity contribution in [1.82, 2.24) is 0 Å². The number of quaternary nitrogens is 1. The van der Waals surface area contributed by atoms with Gasteiger partial charge >= 0.3 is 0 Å². The van der Waals surface area contributed by atoms with Gasteiger partial charge in [0.25, 0.3) is 5.91 Å². The Bertz CT molecular complexity index is 574. The standard InChI is InChI=1S/C15H19ClFN3O2/c1-9(20-6-4-10(5-7-20)14(18)21)15(22)19-13-3-2-11(16)8-12(13)17/h2-3,8-10H,4-7H2,1H3,(H2,18,21)(H,19,22)/p+1/t9-/m1/s1. The van der Waals surface area contributed by atoms with Gasteiger partial charge in [0.2, 0.25) is 5.91 Å². The highest BCUT2D eigenvalue weighted by Crippen LogP contribution is 2.19. The maximum absolute atomic E-state index is 13.7. The number of halogens is 2. The third-order valence-electron chi connectivity index (χ3n) is 4.22. The normalized spacial score (nSPS) is 22.9. The Balaban J connectivity index is 1.94. The first-order valence-electron chi connectivity index (χ1n) is 7.28. The SMILES string of the molecule is C[C@H](C(=O)Nc1ccc(Cl)cc1F)[NH+]1CCC(C(N)=O)CC1. The molecule has 0 bridgehead atoms. The predicted molar refractivity (Wildman–Crippen MR) is 82.1 cm³/mol. The van der Waals surface area contributed by atoms with Crippen molar-refractivity contribution >= 4 is 29.1 Å². The van der Waals surface area contributed by atoms with E-state index in [1.165, 1.54) is 12.1 Å². The van der Waals surface area contributed by atoms with Gasteiger partial charge in [-0.1, -0.05) is 11.6 Å². The van der Waals surface area contributed by atoms with Crippen LogP contribution >= 0.6 is 11.6 Å². The second-order valence-electron chi connectivity index (χ2n) is 5.67. The van der Waals surface area contributed by atoms with E-state index in [1.54, 1.807) is 6.92 Å². The first kappa shape index (κ1) is 16.7. The van der Waals surface area contributed by atoms with Crippen LogP contribution in [0.1, 0.15) is 19.8 Å². The fourth-order valence-electron chi connectivity index (χ4n) is 2.72. The van der Waals surface area contributed by atoms with Crippen molar-refractivity contribution in [2.45, 2.75) is 25.8 Å². The van der Waals surface area contributed by atoms with E-state index in [9.17, 15) is 14.0 Å². The molecule has 1 aliphatic rings. The van der Waals surface area contributed by atoms with E-state index in [0.717, 1.165) is 11.0 Å². The Morgan fingerprint density at radius 2 is 2.05 bits per heavy atom. The monoisotopic (exact) mass is 328 g/mol. The Morgan fingerprint density at radius 3 is 2.59 bits per heavy atom. The van der Waals surface area contributed by atoms with Gasteiger partial charge in [0.1, 0.15) is 5.82 Å². The number of primary amides is 1. The average Bonchev–Trinajstić information content (AvgIpc) is 2.49. The summed E-state index contributed by atoms with van der Waals surface area (Å²) in [6.45, 7) is 3.19. The van der Waals surface area contributed by atoms with Gasteiger partial charge in [-0.25, -0.2) is 4.39 Å². The van der Waals surface area contributed by atoms with Gasteiger partial charge in [0, 0.05) is 23.8 Å². The van der Waals surface area contributed by atoms with Gasteiger partial charge < -0.3 is 16.0 Å². The van der Waals surface area contributed by atoms with Gasteiger partial charge in [0.05, 0.1) is 18.8 Å². The zero-order valence-corrected chi connectivity index (χ0v) is 13.1. The molecule has 1 aliphatic heterocycles. The number of hydrogen-bond acceptors (Lipinski definition) is 2. The van der Waals surface area contributed by atoms with E-state index >= 15 is 0 Å². The molecule has 0 unspecified atom stereocenters. The summed E-state index contributed by atoms with van der Waals surface area (Å²) in [5, 5.41) is 2.86. The molecule has 0 aromatic heterocycles. The molecule has 1 saturated heterocycles. The van der Waals surface area contributed by atoms with Crippen LogP contribution in [0.25, 0.3) is 0 Å². The van der Waals surface area contributed by atoms with Crippen LogP contribution in [0.4, 0.5) is 10.1 Å². The minimum absolute atomic E-state index is 0.104. The molecule has 1 aromatic carbocycles. The summed E-state index contributed by atoms with van der Waals surface area (Å²) in [5.41, 5.74) is 5.42. The molecular weight excluding hydrogens is 309 g/mol. The summed E-state index contributed by atoms with van der Waals surface area (Å²) in [5.74, 6) is -1.20. The second-order valence-corrected chi connectivity index (χ2v) is 6.11. The summed E-state index contributed by atoms with van der Waals surface area (Å²) in [6.07, 6.45) is 1.36. The lowest BCUT2D eigenvalue weighted by molar-refractivity contribution is -0.919. The molecule has 4 N–H and O–H groups in total. The molecule has 1 heterocycles. The van der Waals surface area contributed by atoms with Crippen molar-refractivity contribution in [2.24, 2.45) is 11.7 Å². The van der Waals surface area contributed by atoms with Gasteiger partial charge in [-0.2, -0.15) is 0 Å². The van der Waals surface area contributed by atoms with E-state index < -0.39 is 5.82 Å². The van der Waals surface area contributed by atoms with E-state index in [1.807, 2.05) is 0 Å². The number of piperidine rings is 1. The number of carbonyl (C=O) groups excluding carboxylic acids is 2. The Morgan fingerprint density at radius 1 is 1.41 bits per heavy atom. The molecule has 1 fully saturated rings. The fourth-order valence-corrected chi connectivity index (χ4v) is 2.88. The Kier molecular flexibility index (Phi) is 5.37. The third-order valence-corrected chi connectivity index (χ3v) is 4.46. The zero-order valence-electron chi connectivity index (χ0n) is 12.4. The van der Waals surface area contributed by atoms with Gasteiger partial charge in [-0.15, -0.1) is 0 Å². The minimum Gasteiger partial charge on any atom is -0.369 e. The molecule has 1 atom stereocenters. The maximum atomic E-state index is 13.7. The van der Waals surface area contributed by atoms with Gasteiger partial charge in [0.15, 0.2) is 6.04 Å². The van der Waals surface area contributed by atoms with Crippen LogP contribution in [0, 0.1) is 11.7 Å². The zero-order chi connectivity index (χ0) is 16.3. The van der Waals surface area contributed by atoms with E-state index in [0.29, 0.717) is 25.9 Å². The first-order valence-corrected chi connectivity index (χ1v) is 7.66. The molecule has 22 heavy (non-hydrogen) atoms. The quantitative estimate of drug-likeness (QED) is 0.756. The van der Waals surface area contributed by atoms with Crippen LogP contribution < -0.4 is 16.0 Å². The minimum atomic E-state index is -0.560.